The average molecular weight is 309 g/mol. The fourth-order valence-electron chi connectivity index (χ4n) is 3.37. The fraction of sp³-hybridized carbons (Fsp3) is 0.263. The van der Waals surface area contributed by atoms with Crippen molar-refractivity contribution in [2.24, 2.45) is 0 Å². The highest BCUT2D eigenvalue weighted by Crippen LogP contribution is 2.42. The molecule has 0 aliphatic carbocycles. The summed E-state index contributed by atoms with van der Waals surface area (Å²) in [5.74, 6) is -1.74. The van der Waals surface area contributed by atoms with Crippen LogP contribution in [0.3, 0.4) is 0 Å². The van der Waals surface area contributed by atoms with E-state index < -0.39 is 17.9 Å². The second-order valence-corrected chi connectivity index (χ2v) is 5.76. The van der Waals surface area contributed by atoms with Crippen LogP contribution in [0.5, 0.6) is 0 Å². The van der Waals surface area contributed by atoms with E-state index in [0.29, 0.717) is 17.7 Å². The predicted molar refractivity (Wildman–Crippen MR) is 87.3 cm³/mol. The van der Waals surface area contributed by atoms with Crippen molar-refractivity contribution in [1.82, 2.24) is 4.90 Å². The van der Waals surface area contributed by atoms with Gasteiger partial charge in [-0.1, -0.05) is 55.5 Å². The van der Waals surface area contributed by atoms with Crippen molar-refractivity contribution < 1.29 is 14.7 Å². The lowest BCUT2D eigenvalue weighted by molar-refractivity contribution is -0.140. The lowest BCUT2D eigenvalue weighted by Gasteiger charge is -2.40. The molecule has 1 aliphatic heterocycles. The third kappa shape index (κ3) is 2.61. The van der Waals surface area contributed by atoms with E-state index in [-0.39, 0.29) is 5.91 Å². The van der Waals surface area contributed by atoms with Gasteiger partial charge in [0, 0.05) is 12.1 Å². The molecule has 118 valence electrons. The maximum absolute atomic E-state index is 12.9. The van der Waals surface area contributed by atoms with E-state index in [9.17, 15) is 14.7 Å². The number of nitrogens with zero attached hydrogens (tertiary/aromatic N) is 1. The molecule has 0 fully saturated rings. The first-order valence-electron chi connectivity index (χ1n) is 7.82. The van der Waals surface area contributed by atoms with Crippen molar-refractivity contribution in [2.45, 2.75) is 25.3 Å². The van der Waals surface area contributed by atoms with Crippen LogP contribution in [0, 0.1) is 0 Å². The molecule has 1 heterocycles. The molecule has 2 aromatic carbocycles. The van der Waals surface area contributed by atoms with Gasteiger partial charge in [0.1, 0.15) is 5.92 Å². The van der Waals surface area contributed by atoms with Crippen LogP contribution in [0.2, 0.25) is 0 Å². The molecule has 2 atom stereocenters. The van der Waals surface area contributed by atoms with Crippen molar-refractivity contribution in [3.63, 3.8) is 0 Å². The number of aliphatic carboxylic acids is 1. The van der Waals surface area contributed by atoms with E-state index in [0.717, 1.165) is 12.0 Å². The monoisotopic (exact) mass is 309 g/mol. The van der Waals surface area contributed by atoms with Gasteiger partial charge in [0.2, 0.25) is 0 Å². The Morgan fingerprint density at radius 3 is 2.39 bits per heavy atom. The number of rotatable bonds is 4. The van der Waals surface area contributed by atoms with Crippen LogP contribution in [-0.2, 0) is 4.79 Å². The van der Waals surface area contributed by atoms with E-state index in [1.807, 2.05) is 37.3 Å². The molecule has 0 radical (unpaired) electrons. The van der Waals surface area contributed by atoms with Gasteiger partial charge >= 0.3 is 5.97 Å². The van der Waals surface area contributed by atoms with Crippen LogP contribution in [0.15, 0.2) is 54.6 Å². The van der Waals surface area contributed by atoms with Gasteiger partial charge in [-0.2, -0.15) is 0 Å². The number of carboxylic acids is 1. The quantitative estimate of drug-likeness (QED) is 0.941. The number of fused-ring (bicyclic) bond motifs is 1. The molecule has 1 amide bonds. The Kier molecular flexibility index (Phi) is 4.15. The summed E-state index contributed by atoms with van der Waals surface area (Å²) >= 11 is 0. The average Bonchev–Trinajstić information content (AvgIpc) is 2.57. The zero-order valence-corrected chi connectivity index (χ0v) is 13.0. The van der Waals surface area contributed by atoms with Gasteiger partial charge < -0.3 is 10.0 Å². The normalized spacial score (nSPS) is 20.2. The molecule has 1 aliphatic rings. The lowest BCUT2D eigenvalue weighted by Crippen LogP contribution is -2.45. The summed E-state index contributed by atoms with van der Waals surface area (Å²) < 4.78 is 0. The first kappa shape index (κ1) is 15.3. The summed E-state index contributed by atoms with van der Waals surface area (Å²) in [6.45, 7) is 2.53. The molecule has 0 saturated heterocycles. The summed E-state index contributed by atoms with van der Waals surface area (Å²) in [6.07, 6.45) is 0.781. The Balaban J connectivity index is 2.20. The summed E-state index contributed by atoms with van der Waals surface area (Å²) in [7, 11) is 0. The molecule has 1 N–H and O–H groups in total. The van der Waals surface area contributed by atoms with Gasteiger partial charge in [-0.15, -0.1) is 0 Å². The smallest absolute Gasteiger partial charge is 0.313 e. The van der Waals surface area contributed by atoms with Crippen molar-refractivity contribution in [3.05, 3.63) is 71.3 Å². The Bertz CT molecular complexity index is 726. The molecule has 23 heavy (non-hydrogen) atoms. The second kappa shape index (κ2) is 6.24. The first-order valence-corrected chi connectivity index (χ1v) is 7.82. The van der Waals surface area contributed by atoms with Crippen LogP contribution in [0.1, 0.15) is 46.8 Å². The number of carbonyl (C=O) groups is 2. The SMILES string of the molecule is CCCN1C(=O)c2ccccc2[C@@H](C(=O)O)[C@H]1c1ccccc1. The van der Waals surface area contributed by atoms with Crippen LogP contribution < -0.4 is 0 Å². The summed E-state index contributed by atoms with van der Waals surface area (Å²) in [6, 6.07) is 16.0. The number of hydrogen-bond donors (Lipinski definition) is 1. The van der Waals surface area contributed by atoms with Gasteiger partial charge in [-0.05, 0) is 23.6 Å². The Hall–Kier alpha value is -2.62. The topological polar surface area (TPSA) is 57.6 Å². The van der Waals surface area contributed by atoms with Crippen molar-refractivity contribution >= 4 is 11.9 Å². The third-order valence-corrected chi connectivity index (χ3v) is 4.31. The van der Waals surface area contributed by atoms with Gasteiger partial charge in [0.25, 0.3) is 5.91 Å². The number of hydrogen-bond acceptors (Lipinski definition) is 2. The van der Waals surface area contributed by atoms with Crippen LogP contribution in [0.4, 0.5) is 0 Å². The minimum atomic E-state index is -0.903. The molecule has 2 aromatic rings. The highest BCUT2D eigenvalue weighted by molar-refractivity contribution is 6.00. The molecule has 0 aromatic heterocycles. The molecule has 4 nitrogen and oxygen atoms in total. The third-order valence-electron chi connectivity index (χ3n) is 4.31. The second-order valence-electron chi connectivity index (χ2n) is 5.76. The summed E-state index contributed by atoms with van der Waals surface area (Å²) in [4.78, 5) is 26.6. The van der Waals surface area contributed by atoms with Gasteiger partial charge in [-0.25, -0.2) is 0 Å². The molecule has 4 heteroatoms. The van der Waals surface area contributed by atoms with E-state index in [1.165, 1.54) is 0 Å². The van der Waals surface area contributed by atoms with Crippen LogP contribution >= 0.6 is 0 Å². The molecular formula is C19H19NO3. The largest absolute Gasteiger partial charge is 0.481 e. The van der Waals surface area contributed by atoms with Crippen molar-refractivity contribution in [3.8, 4) is 0 Å². The standard InChI is InChI=1S/C19H19NO3/c1-2-12-20-17(13-8-4-3-5-9-13)16(19(22)23)14-10-6-7-11-15(14)18(20)21/h3-11,16-17H,2,12H2,1H3,(H,22,23)/t16-,17-/m1/s1. The zero-order chi connectivity index (χ0) is 16.4. The van der Waals surface area contributed by atoms with Gasteiger partial charge in [-0.3, -0.25) is 9.59 Å². The fourth-order valence-corrected chi connectivity index (χ4v) is 3.37. The molecular weight excluding hydrogens is 290 g/mol. The number of carbonyl (C=O) groups excluding carboxylic acids is 1. The van der Waals surface area contributed by atoms with Crippen molar-refractivity contribution in [2.75, 3.05) is 6.54 Å². The first-order chi connectivity index (χ1) is 11.1. The van der Waals surface area contributed by atoms with Crippen molar-refractivity contribution in [1.29, 1.82) is 0 Å². The highest BCUT2D eigenvalue weighted by Gasteiger charge is 2.43. The lowest BCUT2D eigenvalue weighted by atomic mass is 9.79. The maximum Gasteiger partial charge on any atom is 0.313 e. The molecule has 0 saturated carbocycles. The number of benzene rings is 2. The van der Waals surface area contributed by atoms with Crippen LogP contribution in [0.25, 0.3) is 0 Å². The summed E-state index contributed by atoms with van der Waals surface area (Å²) in [5, 5.41) is 9.85. The van der Waals surface area contributed by atoms with Gasteiger partial charge in [0.05, 0.1) is 6.04 Å². The Labute approximate surface area is 135 Å². The highest BCUT2D eigenvalue weighted by atomic mass is 16.4. The van der Waals surface area contributed by atoms with E-state index in [1.54, 1.807) is 29.2 Å². The van der Waals surface area contributed by atoms with E-state index in [2.05, 4.69) is 0 Å². The molecule has 0 unspecified atom stereocenters. The van der Waals surface area contributed by atoms with E-state index >= 15 is 0 Å². The molecule has 0 spiro atoms. The Morgan fingerprint density at radius 1 is 1.09 bits per heavy atom. The number of carboxylic acid groups (broad SMARTS) is 1. The summed E-state index contributed by atoms with van der Waals surface area (Å²) in [5.41, 5.74) is 1.96. The minimum absolute atomic E-state index is 0.0891. The zero-order valence-electron chi connectivity index (χ0n) is 13.0. The van der Waals surface area contributed by atoms with Gasteiger partial charge in [0.15, 0.2) is 0 Å². The molecule has 3 rings (SSSR count). The minimum Gasteiger partial charge on any atom is -0.481 e. The molecule has 0 bridgehead atoms. The predicted octanol–water partition coefficient (Wildman–Crippen LogP) is 3.46. The Morgan fingerprint density at radius 2 is 1.74 bits per heavy atom. The number of amides is 1. The van der Waals surface area contributed by atoms with E-state index in [4.69, 9.17) is 0 Å². The van der Waals surface area contributed by atoms with Crippen LogP contribution in [-0.4, -0.2) is 28.4 Å². The maximum atomic E-state index is 12.9.